The topological polar surface area (TPSA) is 70.9 Å². The van der Waals surface area contributed by atoms with E-state index in [1.165, 1.54) is 12.2 Å². The molecule has 0 saturated heterocycles. The van der Waals surface area contributed by atoms with E-state index in [-0.39, 0.29) is 30.2 Å². The van der Waals surface area contributed by atoms with Gasteiger partial charge >= 0.3 is 5.97 Å². The molecule has 3 rings (SSSR count). The van der Waals surface area contributed by atoms with Crippen molar-refractivity contribution >= 4 is 43.7 Å². The van der Waals surface area contributed by atoms with Gasteiger partial charge in [0.2, 0.25) is 0 Å². The van der Waals surface area contributed by atoms with Gasteiger partial charge in [-0.05, 0) is 29.8 Å². The average Bonchev–Trinajstić information content (AvgIpc) is 2.63. The standard InChI is InChI=1S/C19H17Br2FN2O3/c1-27-14-6-2-4-12(8-14)18(7-3-5-13(22)9-18)24-16-15(17(25)26)10-19(20,21)11-23-16/h2-8,10H,9,11H2,1H3,(H,23,24)(H,25,26). The van der Waals surface area contributed by atoms with Crippen LogP contribution in [0, 0.1) is 0 Å². The zero-order valence-corrected chi connectivity index (χ0v) is 17.5. The number of carboxylic acids is 1. The Hall–Kier alpha value is -1.93. The van der Waals surface area contributed by atoms with Crippen molar-refractivity contribution < 1.29 is 19.0 Å². The van der Waals surface area contributed by atoms with Gasteiger partial charge in [0.1, 0.15) is 20.6 Å². The molecule has 2 aliphatic rings. The Morgan fingerprint density at radius 1 is 1.41 bits per heavy atom. The first-order chi connectivity index (χ1) is 12.7. The van der Waals surface area contributed by atoms with Gasteiger partial charge in [-0.1, -0.05) is 56.1 Å². The number of halogens is 3. The summed E-state index contributed by atoms with van der Waals surface area (Å²) in [7, 11) is 1.55. The molecule has 1 aromatic rings. The lowest BCUT2D eigenvalue weighted by Gasteiger charge is -2.36. The molecule has 0 spiro atoms. The van der Waals surface area contributed by atoms with Crippen molar-refractivity contribution in [2.24, 2.45) is 4.99 Å². The maximum absolute atomic E-state index is 14.2. The number of hydrogen-bond donors (Lipinski definition) is 2. The molecule has 0 aromatic heterocycles. The predicted octanol–water partition coefficient (Wildman–Crippen LogP) is 4.20. The number of nitrogens with zero attached hydrogens (tertiary/aromatic N) is 1. The number of ether oxygens (including phenoxy) is 1. The Morgan fingerprint density at radius 3 is 2.85 bits per heavy atom. The summed E-state index contributed by atoms with van der Waals surface area (Å²) in [4.78, 5) is 16.1. The first-order valence-electron chi connectivity index (χ1n) is 8.10. The smallest absolute Gasteiger partial charge is 0.339 e. The van der Waals surface area contributed by atoms with Crippen LogP contribution in [0.1, 0.15) is 12.0 Å². The Morgan fingerprint density at radius 2 is 2.19 bits per heavy atom. The van der Waals surface area contributed by atoms with Crippen LogP contribution in [0.25, 0.3) is 0 Å². The summed E-state index contributed by atoms with van der Waals surface area (Å²) in [6, 6.07) is 7.23. The van der Waals surface area contributed by atoms with Crippen LogP contribution in [0.15, 0.2) is 65.0 Å². The van der Waals surface area contributed by atoms with Gasteiger partial charge in [0, 0.05) is 6.42 Å². The maximum Gasteiger partial charge on any atom is 0.339 e. The van der Waals surface area contributed by atoms with Crippen molar-refractivity contribution in [1.82, 2.24) is 5.32 Å². The van der Waals surface area contributed by atoms with Crippen LogP contribution in [0.2, 0.25) is 0 Å². The van der Waals surface area contributed by atoms with E-state index in [4.69, 9.17) is 4.74 Å². The number of rotatable bonds is 4. The number of allylic oxidation sites excluding steroid dienone is 2. The van der Waals surface area contributed by atoms with Gasteiger partial charge < -0.3 is 15.2 Å². The first kappa shape index (κ1) is 19.8. The van der Waals surface area contributed by atoms with E-state index in [0.29, 0.717) is 5.75 Å². The number of alkyl halides is 2. The minimum absolute atomic E-state index is 0.000586. The molecule has 0 radical (unpaired) electrons. The molecule has 1 aromatic carbocycles. The number of methoxy groups -OCH3 is 1. The van der Waals surface area contributed by atoms with Crippen LogP contribution in [-0.4, -0.2) is 33.8 Å². The van der Waals surface area contributed by atoms with E-state index in [0.717, 1.165) is 5.56 Å². The molecule has 1 aliphatic carbocycles. The minimum atomic E-state index is -1.12. The monoisotopic (exact) mass is 498 g/mol. The van der Waals surface area contributed by atoms with Crippen LogP contribution < -0.4 is 10.1 Å². The number of hydrogen-bond acceptors (Lipinski definition) is 4. The summed E-state index contributed by atoms with van der Waals surface area (Å²) in [5.74, 6) is -0.628. The molecule has 0 amide bonds. The largest absolute Gasteiger partial charge is 0.497 e. The highest BCUT2D eigenvalue weighted by Crippen LogP contribution is 2.37. The van der Waals surface area contributed by atoms with Crippen molar-refractivity contribution in [1.29, 1.82) is 0 Å². The quantitative estimate of drug-likeness (QED) is 0.609. The average molecular weight is 500 g/mol. The molecular weight excluding hydrogens is 483 g/mol. The van der Waals surface area contributed by atoms with Gasteiger partial charge in [-0.2, -0.15) is 0 Å². The molecule has 0 bridgehead atoms. The lowest BCUT2D eigenvalue weighted by Crippen LogP contribution is -2.48. The van der Waals surface area contributed by atoms with Crippen LogP contribution in [0.5, 0.6) is 5.75 Å². The Bertz CT molecular complexity index is 893. The molecule has 27 heavy (non-hydrogen) atoms. The third-order valence-electron chi connectivity index (χ3n) is 4.32. The first-order valence-corrected chi connectivity index (χ1v) is 9.69. The normalized spacial score (nSPS) is 23.8. The number of amidine groups is 1. The van der Waals surface area contributed by atoms with Crippen molar-refractivity contribution in [2.75, 3.05) is 13.7 Å². The van der Waals surface area contributed by atoms with Crippen molar-refractivity contribution in [3.8, 4) is 5.75 Å². The molecule has 1 unspecified atom stereocenters. The number of carboxylic acid groups (broad SMARTS) is 1. The molecule has 0 saturated carbocycles. The van der Waals surface area contributed by atoms with Gasteiger partial charge in [0.25, 0.3) is 0 Å². The second-order valence-corrected chi connectivity index (χ2v) is 10.2. The minimum Gasteiger partial charge on any atom is -0.497 e. The number of aliphatic carboxylic acids is 1. The molecule has 0 fully saturated rings. The van der Waals surface area contributed by atoms with Crippen LogP contribution in [0.4, 0.5) is 4.39 Å². The van der Waals surface area contributed by atoms with Gasteiger partial charge in [-0.15, -0.1) is 0 Å². The zero-order chi connectivity index (χ0) is 19.7. The van der Waals surface area contributed by atoms with Gasteiger partial charge in [0.05, 0.1) is 24.8 Å². The molecule has 1 heterocycles. The predicted molar refractivity (Wildman–Crippen MR) is 109 cm³/mol. The summed E-state index contributed by atoms with van der Waals surface area (Å²) in [6.45, 7) is 0.280. The van der Waals surface area contributed by atoms with Crippen LogP contribution in [-0.2, 0) is 10.3 Å². The van der Waals surface area contributed by atoms with Crippen molar-refractivity contribution in [3.05, 3.63) is 65.5 Å². The number of nitrogens with one attached hydrogen (secondary N) is 1. The number of dihydropyridines is 1. The third kappa shape index (κ3) is 4.32. The van der Waals surface area contributed by atoms with E-state index in [1.807, 2.05) is 6.07 Å². The summed E-state index contributed by atoms with van der Waals surface area (Å²) in [5, 5.41) is 12.8. The van der Waals surface area contributed by atoms with E-state index < -0.39 is 14.7 Å². The number of benzene rings is 1. The highest BCUT2D eigenvalue weighted by Gasteiger charge is 2.38. The maximum atomic E-state index is 14.2. The highest BCUT2D eigenvalue weighted by molar-refractivity contribution is 9.25. The second kappa shape index (κ2) is 7.59. The summed E-state index contributed by atoms with van der Waals surface area (Å²) in [6.07, 6.45) is 6.35. The van der Waals surface area contributed by atoms with E-state index >= 15 is 0 Å². The van der Waals surface area contributed by atoms with Crippen LogP contribution in [0.3, 0.4) is 0 Å². The zero-order valence-electron chi connectivity index (χ0n) is 14.4. The number of carbonyl (C=O) groups is 1. The Labute approximate surface area is 173 Å². The van der Waals surface area contributed by atoms with Gasteiger partial charge in [-0.25, -0.2) is 9.18 Å². The molecule has 1 aliphatic heterocycles. The van der Waals surface area contributed by atoms with E-state index in [2.05, 4.69) is 42.2 Å². The molecule has 5 nitrogen and oxygen atoms in total. The van der Waals surface area contributed by atoms with E-state index in [9.17, 15) is 14.3 Å². The van der Waals surface area contributed by atoms with E-state index in [1.54, 1.807) is 37.5 Å². The molecule has 8 heteroatoms. The fourth-order valence-corrected chi connectivity index (χ4v) is 3.74. The van der Waals surface area contributed by atoms with Crippen molar-refractivity contribution in [2.45, 2.75) is 15.2 Å². The molecule has 2 N–H and O–H groups in total. The fraction of sp³-hybridized carbons (Fsp3) is 0.263. The second-order valence-electron chi connectivity index (χ2n) is 6.27. The molecule has 142 valence electrons. The summed E-state index contributed by atoms with van der Waals surface area (Å²) in [5.41, 5.74) is -0.247. The summed E-state index contributed by atoms with van der Waals surface area (Å²) < 4.78 is 18.8. The Kier molecular flexibility index (Phi) is 5.58. The van der Waals surface area contributed by atoms with Gasteiger partial charge in [0.15, 0.2) is 0 Å². The van der Waals surface area contributed by atoms with Crippen LogP contribution >= 0.6 is 31.9 Å². The van der Waals surface area contributed by atoms with Crippen molar-refractivity contribution in [3.63, 3.8) is 0 Å². The lowest BCUT2D eigenvalue weighted by atomic mass is 9.82. The van der Waals surface area contributed by atoms with Gasteiger partial charge in [-0.3, -0.25) is 4.99 Å². The Balaban J connectivity index is 2.04. The lowest BCUT2D eigenvalue weighted by molar-refractivity contribution is -0.132. The summed E-state index contributed by atoms with van der Waals surface area (Å²) >= 11 is 6.77. The highest BCUT2D eigenvalue weighted by atomic mass is 79.9. The molecule has 1 atom stereocenters. The molecular formula is C19H17Br2FN2O3. The fourth-order valence-electron chi connectivity index (χ4n) is 3.03. The number of aliphatic imine (C=N–C) groups is 1. The third-order valence-corrected chi connectivity index (χ3v) is 5.28. The SMILES string of the molecule is COc1cccc(C2(NC3=NCC(Br)(Br)C=C3C(=O)O)C=CC=C(F)C2)c1.